The third kappa shape index (κ3) is 2.22. The molecule has 2 heteroatoms. The van der Waals surface area contributed by atoms with E-state index in [-0.39, 0.29) is 0 Å². The average Bonchev–Trinajstić information content (AvgIpc) is 2.82. The van der Waals surface area contributed by atoms with Crippen molar-refractivity contribution in [1.29, 1.82) is 0 Å². The highest BCUT2D eigenvalue weighted by atomic mass is 32.1. The third-order valence-electron chi connectivity index (χ3n) is 3.67. The van der Waals surface area contributed by atoms with Crippen LogP contribution in [0.4, 0.5) is 0 Å². The molecule has 94 valence electrons. The molecule has 1 aliphatic carbocycles. The Kier molecular flexibility index (Phi) is 3.21. The van der Waals surface area contributed by atoms with Crippen molar-refractivity contribution in [2.45, 2.75) is 45.4 Å². The van der Waals surface area contributed by atoms with Gasteiger partial charge in [0.15, 0.2) is 0 Å². The fourth-order valence-corrected chi connectivity index (χ4v) is 3.64. The molecular formula is C16H19NS. The van der Waals surface area contributed by atoms with E-state index >= 15 is 0 Å². The van der Waals surface area contributed by atoms with Gasteiger partial charge in [0.05, 0.1) is 5.69 Å². The summed E-state index contributed by atoms with van der Waals surface area (Å²) in [5.41, 5.74) is 4.04. The molecule has 1 aliphatic rings. The quantitative estimate of drug-likeness (QED) is 0.752. The van der Waals surface area contributed by atoms with E-state index in [1.54, 1.807) is 0 Å². The minimum Gasteiger partial charge on any atom is -0.241 e. The summed E-state index contributed by atoms with van der Waals surface area (Å²) < 4.78 is 0. The lowest BCUT2D eigenvalue weighted by molar-refractivity contribution is 0.682. The lowest BCUT2D eigenvalue weighted by Gasteiger charge is -2.06. The Labute approximate surface area is 113 Å². The lowest BCUT2D eigenvalue weighted by atomic mass is 10.0. The zero-order valence-corrected chi connectivity index (χ0v) is 11.9. The summed E-state index contributed by atoms with van der Waals surface area (Å²) in [6, 6.07) is 8.92. The molecule has 0 aliphatic heterocycles. The highest BCUT2D eigenvalue weighted by molar-refractivity contribution is 7.15. The predicted octanol–water partition coefficient (Wildman–Crippen LogP) is 4.81. The summed E-state index contributed by atoms with van der Waals surface area (Å²) in [6.07, 6.45) is 5.05. The number of benzene rings is 1. The summed E-state index contributed by atoms with van der Waals surface area (Å²) in [5, 5.41) is 1.21. The number of thiazole rings is 1. The van der Waals surface area contributed by atoms with Crippen LogP contribution >= 0.6 is 11.3 Å². The minimum atomic E-state index is 0.601. The van der Waals surface area contributed by atoms with Gasteiger partial charge in [0.25, 0.3) is 0 Å². The molecule has 0 spiro atoms. The molecule has 0 bridgehead atoms. The Balaban J connectivity index is 1.92. The maximum atomic E-state index is 4.81. The van der Waals surface area contributed by atoms with E-state index in [0.29, 0.717) is 5.92 Å². The molecule has 1 aromatic heterocycles. The molecule has 0 N–H and O–H groups in total. The SMILES string of the molecule is CC(C)c1ccc(-c2nc3c(s2)CCCC3)cc1. The number of rotatable bonds is 2. The minimum absolute atomic E-state index is 0.601. The van der Waals surface area contributed by atoms with Gasteiger partial charge in [-0.05, 0) is 37.2 Å². The van der Waals surface area contributed by atoms with E-state index < -0.39 is 0 Å². The van der Waals surface area contributed by atoms with E-state index in [1.165, 1.54) is 52.4 Å². The largest absolute Gasteiger partial charge is 0.241 e. The lowest BCUT2D eigenvalue weighted by Crippen LogP contribution is -1.98. The van der Waals surface area contributed by atoms with Gasteiger partial charge in [0, 0.05) is 10.4 Å². The Hall–Kier alpha value is -1.15. The molecule has 0 radical (unpaired) electrons. The van der Waals surface area contributed by atoms with E-state index in [9.17, 15) is 0 Å². The van der Waals surface area contributed by atoms with E-state index in [0.717, 1.165) is 0 Å². The molecule has 0 fully saturated rings. The van der Waals surface area contributed by atoms with Crippen LogP contribution in [0.5, 0.6) is 0 Å². The zero-order chi connectivity index (χ0) is 12.5. The summed E-state index contributed by atoms with van der Waals surface area (Å²) in [6.45, 7) is 4.47. The van der Waals surface area contributed by atoms with Crippen molar-refractivity contribution in [3.05, 3.63) is 40.4 Å². The van der Waals surface area contributed by atoms with Crippen LogP contribution < -0.4 is 0 Å². The number of fused-ring (bicyclic) bond motifs is 1. The first-order chi connectivity index (χ1) is 8.74. The van der Waals surface area contributed by atoms with Crippen LogP contribution in [0.2, 0.25) is 0 Å². The summed E-state index contributed by atoms with van der Waals surface area (Å²) in [4.78, 5) is 6.33. The van der Waals surface area contributed by atoms with Crippen molar-refractivity contribution in [1.82, 2.24) is 4.98 Å². The first kappa shape index (κ1) is 11.9. The predicted molar refractivity (Wildman–Crippen MR) is 78.3 cm³/mol. The van der Waals surface area contributed by atoms with Crippen molar-refractivity contribution in [3.63, 3.8) is 0 Å². The van der Waals surface area contributed by atoms with Crippen LogP contribution in [0.1, 0.15) is 48.7 Å². The average molecular weight is 257 g/mol. The standard InChI is InChI=1S/C16H19NS/c1-11(2)12-7-9-13(10-8-12)16-17-14-5-3-4-6-15(14)18-16/h7-11H,3-6H2,1-2H3. The summed E-state index contributed by atoms with van der Waals surface area (Å²) in [5.74, 6) is 0.601. The number of hydrogen-bond donors (Lipinski definition) is 0. The summed E-state index contributed by atoms with van der Waals surface area (Å²) in [7, 11) is 0. The number of nitrogens with zero attached hydrogens (tertiary/aromatic N) is 1. The van der Waals surface area contributed by atoms with Crippen LogP contribution in [0.25, 0.3) is 10.6 Å². The fourth-order valence-electron chi connectivity index (χ4n) is 2.49. The molecule has 1 nitrogen and oxygen atoms in total. The second-order valence-electron chi connectivity index (χ2n) is 5.37. The zero-order valence-electron chi connectivity index (χ0n) is 11.1. The number of aryl methyl sites for hydroxylation is 2. The Morgan fingerprint density at radius 1 is 1.06 bits per heavy atom. The van der Waals surface area contributed by atoms with Crippen molar-refractivity contribution >= 4 is 11.3 Å². The molecule has 0 saturated carbocycles. The first-order valence-electron chi connectivity index (χ1n) is 6.83. The number of aromatic nitrogens is 1. The second kappa shape index (κ2) is 4.85. The van der Waals surface area contributed by atoms with Crippen LogP contribution in [-0.4, -0.2) is 4.98 Å². The van der Waals surface area contributed by atoms with Gasteiger partial charge in [-0.2, -0.15) is 0 Å². The molecule has 3 rings (SSSR count). The molecular weight excluding hydrogens is 238 g/mol. The number of hydrogen-bond acceptors (Lipinski definition) is 2. The Morgan fingerprint density at radius 3 is 2.44 bits per heavy atom. The normalized spacial score (nSPS) is 14.8. The van der Waals surface area contributed by atoms with Crippen molar-refractivity contribution < 1.29 is 0 Å². The highest BCUT2D eigenvalue weighted by Gasteiger charge is 2.15. The van der Waals surface area contributed by atoms with Gasteiger partial charge in [0.2, 0.25) is 0 Å². The van der Waals surface area contributed by atoms with Crippen molar-refractivity contribution in [2.24, 2.45) is 0 Å². The molecule has 1 aromatic carbocycles. The molecule has 18 heavy (non-hydrogen) atoms. The van der Waals surface area contributed by atoms with Crippen LogP contribution in [-0.2, 0) is 12.8 Å². The Morgan fingerprint density at radius 2 is 1.78 bits per heavy atom. The van der Waals surface area contributed by atoms with Gasteiger partial charge in [-0.25, -0.2) is 4.98 Å². The van der Waals surface area contributed by atoms with E-state index in [2.05, 4.69) is 38.1 Å². The van der Waals surface area contributed by atoms with Crippen molar-refractivity contribution in [2.75, 3.05) is 0 Å². The summed E-state index contributed by atoms with van der Waals surface area (Å²) >= 11 is 1.89. The van der Waals surface area contributed by atoms with E-state index in [4.69, 9.17) is 4.98 Å². The first-order valence-corrected chi connectivity index (χ1v) is 7.64. The van der Waals surface area contributed by atoms with Crippen LogP contribution in [0.15, 0.2) is 24.3 Å². The van der Waals surface area contributed by atoms with Gasteiger partial charge in [-0.1, -0.05) is 38.1 Å². The third-order valence-corrected chi connectivity index (χ3v) is 4.88. The molecule has 0 atom stereocenters. The van der Waals surface area contributed by atoms with E-state index in [1.807, 2.05) is 11.3 Å². The molecule has 0 unspecified atom stereocenters. The van der Waals surface area contributed by atoms with Gasteiger partial charge < -0.3 is 0 Å². The smallest absolute Gasteiger partial charge is 0.123 e. The van der Waals surface area contributed by atoms with Crippen LogP contribution in [0.3, 0.4) is 0 Å². The molecule has 2 aromatic rings. The monoisotopic (exact) mass is 257 g/mol. The van der Waals surface area contributed by atoms with Gasteiger partial charge in [-0.3, -0.25) is 0 Å². The fraction of sp³-hybridized carbons (Fsp3) is 0.438. The Bertz CT molecular complexity index is 513. The van der Waals surface area contributed by atoms with Crippen LogP contribution in [0, 0.1) is 0 Å². The van der Waals surface area contributed by atoms with Gasteiger partial charge in [-0.15, -0.1) is 11.3 Å². The highest BCUT2D eigenvalue weighted by Crippen LogP contribution is 2.33. The molecule has 0 amide bonds. The topological polar surface area (TPSA) is 12.9 Å². The maximum absolute atomic E-state index is 4.81. The molecule has 0 saturated heterocycles. The van der Waals surface area contributed by atoms with Gasteiger partial charge >= 0.3 is 0 Å². The van der Waals surface area contributed by atoms with Crippen molar-refractivity contribution in [3.8, 4) is 10.6 Å². The van der Waals surface area contributed by atoms with Gasteiger partial charge in [0.1, 0.15) is 5.01 Å². The second-order valence-corrected chi connectivity index (χ2v) is 6.46. The maximum Gasteiger partial charge on any atom is 0.123 e. The molecule has 1 heterocycles.